The molecule has 0 bridgehead atoms. The molecule has 104 valence electrons. The summed E-state index contributed by atoms with van der Waals surface area (Å²) in [4.78, 5) is 21.7. The number of hydrogen-bond donors (Lipinski definition) is 1. The number of aliphatic hydroxyl groups is 1. The third-order valence-electron chi connectivity index (χ3n) is 2.40. The molecule has 0 spiro atoms. The van der Waals surface area contributed by atoms with Gasteiger partial charge in [0.25, 0.3) is 11.4 Å². The molecule has 0 atom stereocenters. The van der Waals surface area contributed by atoms with Gasteiger partial charge in [-0.3, -0.25) is 20.2 Å². The summed E-state index contributed by atoms with van der Waals surface area (Å²) in [5.41, 5.74) is -1.52. The van der Waals surface area contributed by atoms with E-state index in [4.69, 9.17) is 0 Å². The molecule has 0 fully saturated rings. The van der Waals surface area contributed by atoms with E-state index in [1.165, 1.54) is 17.0 Å². The second kappa shape index (κ2) is 5.19. The van der Waals surface area contributed by atoms with Gasteiger partial charge in [0, 0.05) is 19.7 Å². The van der Waals surface area contributed by atoms with Crippen LogP contribution in [0.3, 0.4) is 0 Å². The van der Waals surface area contributed by atoms with E-state index in [1.807, 2.05) is 0 Å². The molecule has 0 aliphatic heterocycles. The third-order valence-corrected chi connectivity index (χ3v) is 2.40. The number of rotatable bonds is 5. The van der Waals surface area contributed by atoms with Crippen molar-refractivity contribution in [2.75, 3.05) is 18.5 Å². The zero-order chi connectivity index (χ0) is 14.8. The summed E-state index contributed by atoms with van der Waals surface area (Å²) >= 11 is 0. The highest BCUT2D eigenvalue weighted by molar-refractivity contribution is 5.66. The Morgan fingerprint density at radius 2 is 1.84 bits per heavy atom. The van der Waals surface area contributed by atoms with Gasteiger partial charge in [-0.05, 0) is 19.9 Å². The van der Waals surface area contributed by atoms with Crippen LogP contribution in [0.4, 0.5) is 17.1 Å². The van der Waals surface area contributed by atoms with Crippen molar-refractivity contribution in [1.29, 1.82) is 0 Å². The fourth-order valence-electron chi connectivity index (χ4n) is 1.76. The molecular weight excluding hydrogens is 254 g/mol. The Hall–Kier alpha value is -2.22. The SMILES string of the molecule is CN(CC(C)(C)O)c1ccc([N+](=O)[O-])cc1[N+](=O)[O-]. The molecule has 0 aliphatic carbocycles. The molecule has 19 heavy (non-hydrogen) atoms. The number of nitro benzene ring substituents is 2. The molecular formula is C11H15N3O5. The van der Waals surface area contributed by atoms with E-state index in [2.05, 4.69) is 0 Å². The fraction of sp³-hybridized carbons (Fsp3) is 0.455. The second-order valence-electron chi connectivity index (χ2n) is 4.86. The largest absolute Gasteiger partial charge is 0.389 e. The molecule has 0 saturated carbocycles. The summed E-state index contributed by atoms with van der Waals surface area (Å²) in [7, 11) is 1.58. The van der Waals surface area contributed by atoms with Crippen molar-refractivity contribution >= 4 is 17.1 Å². The molecule has 0 unspecified atom stereocenters. The number of hydrogen-bond acceptors (Lipinski definition) is 6. The average Bonchev–Trinajstić information content (AvgIpc) is 2.25. The van der Waals surface area contributed by atoms with Crippen molar-refractivity contribution in [3.8, 4) is 0 Å². The van der Waals surface area contributed by atoms with Crippen LogP contribution in [0.1, 0.15) is 13.8 Å². The van der Waals surface area contributed by atoms with E-state index >= 15 is 0 Å². The minimum absolute atomic E-state index is 0.158. The lowest BCUT2D eigenvalue weighted by atomic mass is 10.1. The number of benzene rings is 1. The lowest BCUT2D eigenvalue weighted by Gasteiger charge is -2.26. The van der Waals surface area contributed by atoms with Crippen LogP contribution in [0.2, 0.25) is 0 Å². The van der Waals surface area contributed by atoms with Gasteiger partial charge < -0.3 is 10.0 Å². The quantitative estimate of drug-likeness (QED) is 0.643. The van der Waals surface area contributed by atoms with E-state index in [0.29, 0.717) is 0 Å². The van der Waals surface area contributed by atoms with Gasteiger partial charge in [0.1, 0.15) is 5.69 Å². The van der Waals surface area contributed by atoms with Crippen molar-refractivity contribution in [2.24, 2.45) is 0 Å². The summed E-state index contributed by atoms with van der Waals surface area (Å²) in [6.45, 7) is 3.30. The number of anilines is 1. The summed E-state index contributed by atoms with van der Waals surface area (Å²) in [6, 6.07) is 3.42. The van der Waals surface area contributed by atoms with Crippen molar-refractivity contribution in [3.05, 3.63) is 38.4 Å². The minimum Gasteiger partial charge on any atom is -0.389 e. The van der Waals surface area contributed by atoms with Gasteiger partial charge in [-0.2, -0.15) is 0 Å². The van der Waals surface area contributed by atoms with Crippen LogP contribution in [-0.4, -0.2) is 34.1 Å². The molecule has 1 N–H and O–H groups in total. The molecule has 1 aromatic carbocycles. The Labute approximate surface area is 109 Å². The maximum absolute atomic E-state index is 11.0. The first-order valence-electron chi connectivity index (χ1n) is 5.48. The third kappa shape index (κ3) is 3.88. The van der Waals surface area contributed by atoms with Crippen LogP contribution in [0, 0.1) is 20.2 Å². The molecule has 0 heterocycles. The fourth-order valence-corrected chi connectivity index (χ4v) is 1.76. The van der Waals surface area contributed by atoms with E-state index in [-0.39, 0.29) is 23.6 Å². The monoisotopic (exact) mass is 269 g/mol. The van der Waals surface area contributed by atoms with Crippen molar-refractivity contribution in [1.82, 2.24) is 0 Å². The Morgan fingerprint density at radius 1 is 1.26 bits per heavy atom. The maximum Gasteiger partial charge on any atom is 0.299 e. The molecule has 0 saturated heterocycles. The first kappa shape index (κ1) is 14.8. The van der Waals surface area contributed by atoms with Crippen LogP contribution in [0.25, 0.3) is 0 Å². The minimum atomic E-state index is -1.04. The van der Waals surface area contributed by atoms with Gasteiger partial charge in [0.15, 0.2) is 0 Å². The lowest BCUT2D eigenvalue weighted by molar-refractivity contribution is -0.393. The van der Waals surface area contributed by atoms with Gasteiger partial charge in [0.2, 0.25) is 0 Å². The smallest absolute Gasteiger partial charge is 0.299 e. The van der Waals surface area contributed by atoms with Gasteiger partial charge in [-0.25, -0.2) is 0 Å². The Balaban J connectivity index is 3.20. The van der Waals surface area contributed by atoms with Crippen molar-refractivity contribution in [3.63, 3.8) is 0 Å². The average molecular weight is 269 g/mol. The zero-order valence-electron chi connectivity index (χ0n) is 10.9. The molecule has 8 nitrogen and oxygen atoms in total. The molecule has 1 aromatic rings. The predicted molar refractivity (Wildman–Crippen MR) is 69.3 cm³/mol. The summed E-state index contributed by atoms with van der Waals surface area (Å²) in [6.07, 6.45) is 0. The number of likely N-dealkylation sites (N-methyl/N-ethyl adjacent to an activating group) is 1. The van der Waals surface area contributed by atoms with Crippen LogP contribution in [0.5, 0.6) is 0 Å². The standard InChI is InChI=1S/C11H15N3O5/c1-11(2,15)7-12(3)9-5-4-8(13(16)17)6-10(9)14(18)19/h4-6,15H,7H2,1-3H3. The van der Waals surface area contributed by atoms with Gasteiger partial charge in [-0.15, -0.1) is 0 Å². The van der Waals surface area contributed by atoms with Crippen LogP contribution >= 0.6 is 0 Å². The van der Waals surface area contributed by atoms with Crippen LogP contribution in [0.15, 0.2) is 18.2 Å². The van der Waals surface area contributed by atoms with E-state index in [0.717, 1.165) is 6.07 Å². The summed E-state index contributed by atoms with van der Waals surface area (Å²) < 4.78 is 0. The molecule has 0 radical (unpaired) electrons. The Bertz CT molecular complexity index is 510. The normalized spacial score (nSPS) is 11.2. The summed E-state index contributed by atoms with van der Waals surface area (Å²) in [5, 5.41) is 31.3. The number of nitro groups is 2. The van der Waals surface area contributed by atoms with Crippen LogP contribution in [-0.2, 0) is 0 Å². The van der Waals surface area contributed by atoms with E-state index in [9.17, 15) is 25.3 Å². The zero-order valence-corrected chi connectivity index (χ0v) is 10.9. The number of non-ortho nitro benzene ring substituents is 1. The predicted octanol–water partition coefficient (Wildman–Crippen LogP) is 1.71. The van der Waals surface area contributed by atoms with E-state index in [1.54, 1.807) is 20.9 Å². The molecule has 1 rings (SSSR count). The van der Waals surface area contributed by atoms with Crippen molar-refractivity contribution < 1.29 is 15.0 Å². The molecule has 0 aliphatic rings. The van der Waals surface area contributed by atoms with Crippen LogP contribution < -0.4 is 4.90 Å². The lowest BCUT2D eigenvalue weighted by Crippen LogP contribution is -2.36. The van der Waals surface area contributed by atoms with Gasteiger partial charge in [0.05, 0.1) is 21.5 Å². The van der Waals surface area contributed by atoms with Gasteiger partial charge >= 0.3 is 0 Å². The second-order valence-corrected chi connectivity index (χ2v) is 4.86. The first-order valence-corrected chi connectivity index (χ1v) is 5.48. The van der Waals surface area contributed by atoms with Crippen molar-refractivity contribution in [2.45, 2.75) is 19.4 Å². The Kier molecular flexibility index (Phi) is 4.05. The topological polar surface area (TPSA) is 110 Å². The van der Waals surface area contributed by atoms with E-state index < -0.39 is 15.4 Å². The maximum atomic E-state index is 11.0. The highest BCUT2D eigenvalue weighted by Crippen LogP contribution is 2.31. The molecule has 0 aromatic heterocycles. The van der Waals surface area contributed by atoms with Gasteiger partial charge in [-0.1, -0.05) is 0 Å². The number of nitrogens with zero attached hydrogens (tertiary/aromatic N) is 3. The molecule has 0 amide bonds. The molecule has 8 heteroatoms. The highest BCUT2D eigenvalue weighted by atomic mass is 16.6. The summed E-state index contributed by atoms with van der Waals surface area (Å²) in [5.74, 6) is 0. The first-order chi connectivity index (χ1) is 8.61. The highest BCUT2D eigenvalue weighted by Gasteiger charge is 2.24. The Morgan fingerprint density at radius 3 is 2.26 bits per heavy atom.